The van der Waals surface area contributed by atoms with Gasteiger partial charge in [0.05, 0.1) is 0 Å². The monoisotopic (exact) mass is 320 g/mol. The van der Waals surface area contributed by atoms with E-state index in [2.05, 4.69) is 6.92 Å². The van der Waals surface area contributed by atoms with Gasteiger partial charge in [0.1, 0.15) is 0 Å². The molecule has 0 bridgehead atoms. The van der Waals surface area contributed by atoms with Crippen molar-refractivity contribution in [3.63, 3.8) is 0 Å². The summed E-state index contributed by atoms with van der Waals surface area (Å²) in [6, 6.07) is 8.87. The molecule has 4 N–H and O–H groups in total. The minimum atomic E-state index is -0.440. The van der Waals surface area contributed by atoms with Gasteiger partial charge in [-0.3, -0.25) is 14.4 Å². The maximum absolute atomic E-state index is 11.3. The molecule has 5 nitrogen and oxygen atoms in total. The largest absolute Gasteiger partial charge is 0.370 e. The summed E-state index contributed by atoms with van der Waals surface area (Å²) in [4.78, 5) is 32.0. The molecule has 0 atom stereocenters. The molecule has 0 aliphatic rings. The van der Waals surface area contributed by atoms with Gasteiger partial charge in [-0.2, -0.15) is 0 Å². The third-order valence-corrected chi connectivity index (χ3v) is 3.22. The lowest BCUT2D eigenvalue weighted by Crippen LogP contribution is -2.12. The SMILES string of the molecule is CCCCCCCC(N)=O.NC(=O)CCC(=O)c1ccccc1. The molecule has 1 rings (SSSR count). The Kier molecular flexibility index (Phi) is 12.2. The fourth-order valence-electron chi connectivity index (χ4n) is 1.91. The number of hydrogen-bond donors (Lipinski definition) is 2. The van der Waals surface area contributed by atoms with Crippen LogP contribution < -0.4 is 11.5 Å². The van der Waals surface area contributed by atoms with Crippen LogP contribution in [0.5, 0.6) is 0 Å². The molecule has 0 saturated heterocycles. The van der Waals surface area contributed by atoms with Crippen molar-refractivity contribution in [1.29, 1.82) is 0 Å². The number of unbranched alkanes of at least 4 members (excludes halogenated alkanes) is 4. The molecule has 0 saturated carbocycles. The first-order valence-electron chi connectivity index (χ1n) is 8.12. The van der Waals surface area contributed by atoms with Crippen LogP contribution in [0, 0.1) is 0 Å². The minimum absolute atomic E-state index is 0.0422. The number of carbonyl (C=O) groups excluding carboxylic acids is 3. The Morgan fingerprint density at radius 1 is 0.783 bits per heavy atom. The second kappa shape index (κ2) is 13.5. The van der Waals surface area contributed by atoms with E-state index >= 15 is 0 Å². The molecule has 5 heteroatoms. The number of Topliss-reactive ketones (excluding diaryl/α,β-unsaturated/α-hetero) is 1. The molecule has 0 aliphatic heterocycles. The molecule has 0 spiro atoms. The van der Waals surface area contributed by atoms with Gasteiger partial charge in [0.15, 0.2) is 5.78 Å². The van der Waals surface area contributed by atoms with Crippen LogP contribution in [0.4, 0.5) is 0 Å². The molecule has 0 heterocycles. The number of hydrogen-bond acceptors (Lipinski definition) is 3. The van der Waals surface area contributed by atoms with E-state index in [0.29, 0.717) is 12.0 Å². The topological polar surface area (TPSA) is 103 Å². The summed E-state index contributed by atoms with van der Waals surface area (Å²) in [6.07, 6.45) is 6.75. The van der Waals surface area contributed by atoms with Crippen molar-refractivity contribution in [1.82, 2.24) is 0 Å². The summed E-state index contributed by atoms with van der Waals surface area (Å²) in [5.41, 5.74) is 10.5. The molecule has 1 aromatic rings. The predicted octanol–water partition coefficient (Wildman–Crippen LogP) is 2.97. The average molecular weight is 320 g/mol. The summed E-state index contributed by atoms with van der Waals surface area (Å²) in [6.45, 7) is 2.17. The second-order valence-electron chi connectivity index (χ2n) is 5.39. The van der Waals surface area contributed by atoms with E-state index in [1.54, 1.807) is 24.3 Å². The number of amides is 2. The van der Waals surface area contributed by atoms with E-state index < -0.39 is 5.91 Å². The normalized spacial score (nSPS) is 9.61. The predicted molar refractivity (Wildman–Crippen MR) is 91.8 cm³/mol. The highest BCUT2D eigenvalue weighted by Gasteiger charge is 2.05. The third-order valence-electron chi connectivity index (χ3n) is 3.22. The van der Waals surface area contributed by atoms with Crippen LogP contribution in [0.3, 0.4) is 0 Å². The molecule has 0 radical (unpaired) electrons. The Bertz CT molecular complexity index is 472. The highest BCUT2D eigenvalue weighted by atomic mass is 16.1. The number of rotatable bonds is 10. The highest BCUT2D eigenvalue weighted by Crippen LogP contribution is 2.04. The summed E-state index contributed by atoms with van der Waals surface area (Å²) in [5, 5.41) is 0. The van der Waals surface area contributed by atoms with Crippen LogP contribution in [0.1, 0.15) is 68.6 Å². The Hall–Kier alpha value is -2.17. The van der Waals surface area contributed by atoms with Gasteiger partial charge in [-0.15, -0.1) is 0 Å². The van der Waals surface area contributed by atoms with Crippen molar-refractivity contribution in [2.45, 2.75) is 58.3 Å². The first-order chi connectivity index (χ1) is 11.0. The molecule has 23 heavy (non-hydrogen) atoms. The fraction of sp³-hybridized carbons (Fsp3) is 0.500. The lowest BCUT2D eigenvalue weighted by atomic mass is 10.1. The van der Waals surface area contributed by atoms with Crippen LogP contribution >= 0.6 is 0 Å². The van der Waals surface area contributed by atoms with Crippen molar-refractivity contribution in [3.05, 3.63) is 35.9 Å². The number of primary amides is 2. The Balaban J connectivity index is 0.000000438. The molecular formula is C18H28N2O3. The van der Waals surface area contributed by atoms with Crippen molar-refractivity contribution in [3.8, 4) is 0 Å². The van der Waals surface area contributed by atoms with Gasteiger partial charge >= 0.3 is 0 Å². The Labute approximate surface area is 138 Å². The summed E-state index contributed by atoms with van der Waals surface area (Å²) < 4.78 is 0. The molecule has 0 aliphatic carbocycles. The number of ketones is 1. The van der Waals surface area contributed by atoms with Crippen LogP contribution in [-0.2, 0) is 9.59 Å². The van der Waals surface area contributed by atoms with E-state index in [1.165, 1.54) is 19.3 Å². The smallest absolute Gasteiger partial charge is 0.217 e. The summed E-state index contributed by atoms with van der Waals surface area (Å²) in [5.74, 6) is -0.653. The van der Waals surface area contributed by atoms with Crippen LogP contribution in [0.25, 0.3) is 0 Å². The number of benzene rings is 1. The summed E-state index contributed by atoms with van der Waals surface area (Å²) in [7, 11) is 0. The van der Waals surface area contributed by atoms with E-state index in [9.17, 15) is 14.4 Å². The first-order valence-corrected chi connectivity index (χ1v) is 8.12. The van der Waals surface area contributed by atoms with E-state index in [4.69, 9.17) is 11.5 Å². The van der Waals surface area contributed by atoms with E-state index in [1.807, 2.05) is 6.07 Å². The van der Waals surface area contributed by atoms with Crippen molar-refractivity contribution in [2.24, 2.45) is 11.5 Å². The molecular weight excluding hydrogens is 292 g/mol. The fourth-order valence-corrected chi connectivity index (χ4v) is 1.91. The maximum Gasteiger partial charge on any atom is 0.217 e. The Morgan fingerprint density at radius 3 is 1.87 bits per heavy atom. The third kappa shape index (κ3) is 13.2. The second-order valence-corrected chi connectivity index (χ2v) is 5.39. The average Bonchev–Trinajstić information content (AvgIpc) is 2.53. The van der Waals surface area contributed by atoms with Crippen LogP contribution in [0.2, 0.25) is 0 Å². The van der Waals surface area contributed by atoms with Crippen molar-refractivity contribution >= 4 is 17.6 Å². The first kappa shape index (κ1) is 20.8. The van der Waals surface area contributed by atoms with Crippen LogP contribution in [-0.4, -0.2) is 17.6 Å². The van der Waals surface area contributed by atoms with E-state index in [0.717, 1.165) is 12.8 Å². The van der Waals surface area contributed by atoms with Crippen LogP contribution in [0.15, 0.2) is 30.3 Å². The zero-order valence-electron chi connectivity index (χ0n) is 13.9. The Morgan fingerprint density at radius 2 is 1.35 bits per heavy atom. The van der Waals surface area contributed by atoms with E-state index in [-0.39, 0.29) is 24.5 Å². The minimum Gasteiger partial charge on any atom is -0.370 e. The number of carbonyl (C=O) groups is 3. The van der Waals surface area contributed by atoms with Crippen molar-refractivity contribution in [2.75, 3.05) is 0 Å². The lowest BCUT2D eigenvalue weighted by molar-refractivity contribution is -0.118. The van der Waals surface area contributed by atoms with Crippen molar-refractivity contribution < 1.29 is 14.4 Å². The van der Waals surface area contributed by atoms with Gasteiger partial charge in [0.25, 0.3) is 0 Å². The lowest BCUT2D eigenvalue weighted by Gasteiger charge is -1.97. The molecule has 0 unspecified atom stereocenters. The quantitative estimate of drug-likeness (QED) is 0.511. The molecule has 2 amide bonds. The van der Waals surface area contributed by atoms with Gasteiger partial charge in [0.2, 0.25) is 11.8 Å². The maximum atomic E-state index is 11.3. The summed E-state index contributed by atoms with van der Waals surface area (Å²) >= 11 is 0. The molecule has 0 fully saturated rings. The van der Waals surface area contributed by atoms with Gasteiger partial charge in [-0.05, 0) is 6.42 Å². The van der Waals surface area contributed by atoms with Gasteiger partial charge in [0, 0.05) is 24.8 Å². The zero-order valence-corrected chi connectivity index (χ0v) is 13.9. The van der Waals surface area contributed by atoms with Gasteiger partial charge in [-0.1, -0.05) is 62.9 Å². The molecule has 1 aromatic carbocycles. The highest BCUT2D eigenvalue weighted by molar-refractivity contribution is 5.97. The molecule has 0 aromatic heterocycles. The number of nitrogens with two attached hydrogens (primary N) is 2. The standard InChI is InChI=1S/C10H11NO2.C8H17NO/c11-10(13)7-6-9(12)8-4-2-1-3-5-8;1-2-3-4-5-6-7-8(9)10/h1-5H,6-7H2,(H2,11,13);2-7H2,1H3,(H2,9,10). The zero-order chi connectivity index (χ0) is 17.5. The van der Waals surface area contributed by atoms with Gasteiger partial charge in [-0.25, -0.2) is 0 Å². The van der Waals surface area contributed by atoms with Gasteiger partial charge < -0.3 is 11.5 Å². The molecule has 128 valence electrons.